The molecule has 0 fully saturated rings. The van der Waals surface area contributed by atoms with Gasteiger partial charge in [0.25, 0.3) is 5.91 Å². The summed E-state index contributed by atoms with van der Waals surface area (Å²) in [6.45, 7) is 1.21. The molecule has 1 N–H and O–H groups in total. The number of nitrogens with zero attached hydrogens (tertiary/aromatic N) is 1. The number of carbonyl (C=O) groups excluding carboxylic acids is 1. The number of hydrogen-bond acceptors (Lipinski definition) is 3. The summed E-state index contributed by atoms with van der Waals surface area (Å²) in [6.07, 6.45) is -3.03. The maximum atomic E-state index is 12.8. The second-order valence-electron chi connectivity index (χ2n) is 4.50. The number of para-hydroxylation sites is 1. The highest BCUT2D eigenvalue weighted by molar-refractivity contribution is 5.91. The monoisotopic (exact) mass is 310 g/mol. The zero-order valence-corrected chi connectivity index (χ0v) is 11.6. The normalized spacial score (nSPS) is 11.1. The van der Waals surface area contributed by atoms with E-state index in [1.807, 2.05) is 0 Å². The minimum atomic E-state index is -4.54. The van der Waals surface area contributed by atoms with Crippen molar-refractivity contribution in [1.82, 2.24) is 4.98 Å². The third kappa shape index (κ3) is 3.97. The van der Waals surface area contributed by atoms with Crippen molar-refractivity contribution in [3.63, 3.8) is 0 Å². The van der Waals surface area contributed by atoms with Crippen LogP contribution in [0, 0.1) is 6.92 Å². The molecule has 0 unspecified atom stereocenters. The Morgan fingerprint density at radius 2 is 1.95 bits per heavy atom. The van der Waals surface area contributed by atoms with Crippen molar-refractivity contribution in [1.29, 1.82) is 0 Å². The van der Waals surface area contributed by atoms with Gasteiger partial charge in [-0.25, -0.2) is 4.98 Å². The zero-order chi connectivity index (χ0) is 16.2. The van der Waals surface area contributed by atoms with E-state index in [9.17, 15) is 18.0 Å². The zero-order valence-electron chi connectivity index (χ0n) is 11.6. The van der Waals surface area contributed by atoms with Crippen LogP contribution in [0.2, 0.25) is 0 Å². The van der Waals surface area contributed by atoms with Gasteiger partial charge in [-0.2, -0.15) is 13.2 Å². The van der Waals surface area contributed by atoms with Crippen LogP contribution in [0.4, 0.5) is 19.0 Å². The minimum Gasteiger partial charge on any atom is -0.483 e. The molecule has 1 aromatic carbocycles. The Balaban J connectivity index is 2.02. The number of benzene rings is 1. The first-order chi connectivity index (χ1) is 10.4. The van der Waals surface area contributed by atoms with Gasteiger partial charge in [-0.15, -0.1) is 0 Å². The summed E-state index contributed by atoms with van der Waals surface area (Å²) in [5.74, 6) is -0.623. The number of hydrogen-bond donors (Lipinski definition) is 1. The Kier molecular flexibility index (Phi) is 4.65. The molecule has 2 rings (SSSR count). The Bertz CT molecular complexity index is 672. The molecular formula is C15H13F3N2O2. The molecule has 0 spiro atoms. The average molecular weight is 310 g/mol. The number of aromatic nitrogens is 1. The number of nitrogens with one attached hydrogen (secondary N) is 1. The number of anilines is 1. The van der Waals surface area contributed by atoms with Crippen LogP contribution in [0.1, 0.15) is 11.1 Å². The number of aryl methyl sites for hydroxylation is 1. The van der Waals surface area contributed by atoms with Gasteiger partial charge in [0.2, 0.25) is 0 Å². The van der Waals surface area contributed by atoms with E-state index in [0.29, 0.717) is 5.82 Å². The molecule has 116 valence electrons. The average Bonchev–Trinajstić information content (AvgIpc) is 2.47. The molecule has 0 aliphatic heterocycles. The fourth-order valence-electron chi connectivity index (χ4n) is 1.75. The molecule has 0 atom stereocenters. The third-order valence-electron chi connectivity index (χ3n) is 2.82. The largest absolute Gasteiger partial charge is 0.483 e. The van der Waals surface area contributed by atoms with E-state index >= 15 is 0 Å². The summed E-state index contributed by atoms with van der Waals surface area (Å²) in [6, 6.07) is 8.19. The highest BCUT2D eigenvalue weighted by Crippen LogP contribution is 2.35. The number of carbonyl (C=O) groups is 1. The van der Waals surface area contributed by atoms with Crippen molar-refractivity contribution in [2.24, 2.45) is 0 Å². The maximum absolute atomic E-state index is 12.8. The maximum Gasteiger partial charge on any atom is 0.419 e. The number of pyridine rings is 1. The van der Waals surface area contributed by atoms with E-state index in [2.05, 4.69) is 10.3 Å². The molecule has 0 saturated heterocycles. The van der Waals surface area contributed by atoms with E-state index in [0.717, 1.165) is 11.6 Å². The van der Waals surface area contributed by atoms with E-state index in [-0.39, 0.29) is 5.75 Å². The molecule has 0 aliphatic rings. The summed E-state index contributed by atoms with van der Waals surface area (Å²) >= 11 is 0. The lowest BCUT2D eigenvalue weighted by atomic mass is 10.2. The number of halogens is 3. The van der Waals surface area contributed by atoms with Crippen LogP contribution in [0.15, 0.2) is 42.6 Å². The summed E-state index contributed by atoms with van der Waals surface area (Å²) in [7, 11) is 0. The minimum absolute atomic E-state index is 0.347. The molecule has 0 radical (unpaired) electrons. The van der Waals surface area contributed by atoms with Crippen molar-refractivity contribution >= 4 is 11.7 Å². The van der Waals surface area contributed by atoms with Gasteiger partial charge in [0.1, 0.15) is 11.6 Å². The van der Waals surface area contributed by atoms with Crippen molar-refractivity contribution in [3.8, 4) is 5.75 Å². The molecule has 1 amide bonds. The van der Waals surface area contributed by atoms with E-state index in [1.165, 1.54) is 24.4 Å². The van der Waals surface area contributed by atoms with Crippen LogP contribution < -0.4 is 10.1 Å². The summed E-state index contributed by atoms with van der Waals surface area (Å²) < 4.78 is 43.3. The van der Waals surface area contributed by atoms with Gasteiger partial charge in [-0.3, -0.25) is 4.79 Å². The van der Waals surface area contributed by atoms with Crippen LogP contribution in [-0.4, -0.2) is 17.5 Å². The SMILES string of the molecule is Cc1cccnc1NC(=O)COc1ccccc1C(F)(F)F. The lowest BCUT2D eigenvalue weighted by molar-refractivity contribution is -0.139. The van der Waals surface area contributed by atoms with Gasteiger partial charge in [0.05, 0.1) is 5.56 Å². The third-order valence-corrected chi connectivity index (χ3v) is 2.82. The quantitative estimate of drug-likeness (QED) is 0.941. The smallest absolute Gasteiger partial charge is 0.419 e. The van der Waals surface area contributed by atoms with E-state index in [1.54, 1.807) is 19.1 Å². The van der Waals surface area contributed by atoms with Crippen molar-refractivity contribution in [2.75, 3.05) is 11.9 Å². The Morgan fingerprint density at radius 1 is 1.23 bits per heavy atom. The van der Waals surface area contributed by atoms with Gasteiger partial charge >= 0.3 is 6.18 Å². The molecule has 0 saturated carbocycles. The molecule has 4 nitrogen and oxygen atoms in total. The molecule has 22 heavy (non-hydrogen) atoms. The topological polar surface area (TPSA) is 51.2 Å². The van der Waals surface area contributed by atoms with Crippen LogP contribution >= 0.6 is 0 Å². The Labute approximate surface area is 124 Å². The molecule has 1 heterocycles. The fraction of sp³-hybridized carbons (Fsp3) is 0.200. The summed E-state index contributed by atoms with van der Waals surface area (Å²) in [4.78, 5) is 15.7. The van der Waals surface area contributed by atoms with Crippen LogP contribution in [0.25, 0.3) is 0 Å². The first kappa shape index (κ1) is 15.8. The van der Waals surface area contributed by atoms with Crippen LogP contribution in [-0.2, 0) is 11.0 Å². The van der Waals surface area contributed by atoms with Gasteiger partial charge in [0.15, 0.2) is 6.61 Å². The van der Waals surface area contributed by atoms with Crippen molar-refractivity contribution in [3.05, 3.63) is 53.7 Å². The van der Waals surface area contributed by atoms with Crippen LogP contribution in [0.3, 0.4) is 0 Å². The standard InChI is InChI=1S/C15H13F3N2O2/c1-10-5-4-8-19-14(10)20-13(21)9-22-12-7-3-2-6-11(12)15(16,17)18/h2-8H,9H2,1H3,(H,19,20,21). The molecule has 0 bridgehead atoms. The number of rotatable bonds is 4. The molecule has 1 aromatic heterocycles. The lowest BCUT2D eigenvalue weighted by Crippen LogP contribution is -2.22. The molecular weight excluding hydrogens is 297 g/mol. The lowest BCUT2D eigenvalue weighted by Gasteiger charge is -2.13. The van der Waals surface area contributed by atoms with Crippen molar-refractivity contribution in [2.45, 2.75) is 13.1 Å². The second-order valence-corrected chi connectivity index (χ2v) is 4.50. The summed E-state index contributed by atoms with van der Waals surface area (Å²) in [5.41, 5.74) is -0.177. The van der Waals surface area contributed by atoms with Gasteiger partial charge in [0, 0.05) is 6.20 Å². The van der Waals surface area contributed by atoms with Crippen molar-refractivity contribution < 1.29 is 22.7 Å². The molecule has 7 heteroatoms. The number of alkyl halides is 3. The molecule has 0 aliphatic carbocycles. The highest BCUT2D eigenvalue weighted by atomic mass is 19.4. The van der Waals surface area contributed by atoms with Gasteiger partial charge in [-0.05, 0) is 30.7 Å². The summed E-state index contributed by atoms with van der Waals surface area (Å²) in [5, 5.41) is 2.48. The van der Waals surface area contributed by atoms with Gasteiger partial charge < -0.3 is 10.1 Å². The Morgan fingerprint density at radius 3 is 2.64 bits per heavy atom. The predicted molar refractivity (Wildman–Crippen MR) is 74.5 cm³/mol. The van der Waals surface area contributed by atoms with E-state index < -0.39 is 24.3 Å². The second kappa shape index (κ2) is 6.46. The molecule has 2 aromatic rings. The van der Waals surface area contributed by atoms with Crippen LogP contribution in [0.5, 0.6) is 5.75 Å². The van der Waals surface area contributed by atoms with Gasteiger partial charge in [-0.1, -0.05) is 18.2 Å². The Hall–Kier alpha value is -2.57. The van der Waals surface area contributed by atoms with E-state index in [4.69, 9.17) is 4.74 Å². The first-order valence-electron chi connectivity index (χ1n) is 6.38. The number of amides is 1. The number of ether oxygens (including phenoxy) is 1. The first-order valence-corrected chi connectivity index (χ1v) is 6.38. The predicted octanol–water partition coefficient (Wildman–Crippen LogP) is 3.43. The highest BCUT2D eigenvalue weighted by Gasteiger charge is 2.34. The fourth-order valence-corrected chi connectivity index (χ4v) is 1.75.